The summed E-state index contributed by atoms with van der Waals surface area (Å²) in [5, 5.41) is 0. The molecule has 3 heteroatoms. The standard InChI is InChI=1S/C14H25ClO2/c1-3-16-14(17-4-2)12-10-8-6-5-7-9-11-13-15/h14H,3-9,11,13H2,1-2H3. The number of halogens is 1. The van der Waals surface area contributed by atoms with Crippen LogP contribution in [0.25, 0.3) is 0 Å². The van der Waals surface area contributed by atoms with E-state index in [1.807, 2.05) is 13.8 Å². The predicted molar refractivity (Wildman–Crippen MR) is 73.2 cm³/mol. The molecule has 0 unspecified atom stereocenters. The average Bonchev–Trinajstić information content (AvgIpc) is 2.33. The third-order valence-electron chi connectivity index (χ3n) is 2.29. The van der Waals surface area contributed by atoms with Gasteiger partial charge in [0.25, 0.3) is 0 Å². The largest absolute Gasteiger partial charge is 0.342 e. The second-order valence-corrected chi connectivity index (χ2v) is 4.15. The number of alkyl halides is 1. The molecular weight excluding hydrogens is 236 g/mol. The van der Waals surface area contributed by atoms with Crippen LogP contribution in [0.4, 0.5) is 0 Å². The summed E-state index contributed by atoms with van der Waals surface area (Å²) in [5.74, 6) is 6.91. The normalized spacial score (nSPS) is 10.4. The van der Waals surface area contributed by atoms with Crippen LogP contribution in [0.1, 0.15) is 52.4 Å². The highest BCUT2D eigenvalue weighted by Crippen LogP contribution is 2.05. The van der Waals surface area contributed by atoms with Crippen molar-refractivity contribution in [1.29, 1.82) is 0 Å². The lowest BCUT2D eigenvalue weighted by Crippen LogP contribution is -2.14. The molecule has 0 N–H and O–H groups in total. The van der Waals surface area contributed by atoms with Crippen molar-refractivity contribution in [3.05, 3.63) is 0 Å². The van der Waals surface area contributed by atoms with Crippen molar-refractivity contribution in [2.24, 2.45) is 0 Å². The van der Waals surface area contributed by atoms with Crippen LogP contribution in [0.2, 0.25) is 0 Å². The molecule has 17 heavy (non-hydrogen) atoms. The number of hydrogen-bond acceptors (Lipinski definition) is 2. The molecule has 0 radical (unpaired) electrons. The van der Waals surface area contributed by atoms with Gasteiger partial charge in [0.2, 0.25) is 6.29 Å². The third kappa shape index (κ3) is 12.0. The van der Waals surface area contributed by atoms with Crippen molar-refractivity contribution in [1.82, 2.24) is 0 Å². The monoisotopic (exact) mass is 260 g/mol. The summed E-state index contributed by atoms with van der Waals surface area (Å²) in [5.41, 5.74) is 0. The Labute approximate surface area is 111 Å². The minimum atomic E-state index is -0.346. The Balaban J connectivity index is 3.49. The zero-order valence-corrected chi connectivity index (χ0v) is 11.9. The number of ether oxygens (including phenoxy) is 2. The van der Waals surface area contributed by atoms with Crippen molar-refractivity contribution < 1.29 is 9.47 Å². The van der Waals surface area contributed by atoms with E-state index in [0.717, 1.165) is 25.1 Å². The molecule has 0 heterocycles. The molecule has 0 aromatic rings. The summed E-state index contributed by atoms with van der Waals surface area (Å²) in [6, 6.07) is 0. The van der Waals surface area contributed by atoms with Crippen LogP contribution in [-0.2, 0) is 9.47 Å². The van der Waals surface area contributed by atoms with E-state index in [1.165, 1.54) is 19.3 Å². The van der Waals surface area contributed by atoms with Gasteiger partial charge in [-0.2, -0.15) is 0 Å². The van der Waals surface area contributed by atoms with Gasteiger partial charge in [-0.25, -0.2) is 0 Å². The van der Waals surface area contributed by atoms with E-state index in [4.69, 9.17) is 21.1 Å². The van der Waals surface area contributed by atoms with E-state index in [9.17, 15) is 0 Å². The third-order valence-corrected chi connectivity index (χ3v) is 2.56. The van der Waals surface area contributed by atoms with E-state index >= 15 is 0 Å². The van der Waals surface area contributed by atoms with E-state index in [-0.39, 0.29) is 6.29 Å². The summed E-state index contributed by atoms with van der Waals surface area (Å²) in [6.07, 6.45) is 6.59. The Bertz CT molecular complexity index is 202. The molecule has 0 aromatic carbocycles. The lowest BCUT2D eigenvalue weighted by atomic mass is 10.1. The van der Waals surface area contributed by atoms with Crippen molar-refractivity contribution in [3.63, 3.8) is 0 Å². The van der Waals surface area contributed by atoms with Gasteiger partial charge in [0.05, 0.1) is 0 Å². The van der Waals surface area contributed by atoms with Gasteiger partial charge in [-0.3, -0.25) is 0 Å². The lowest BCUT2D eigenvalue weighted by molar-refractivity contribution is -0.0970. The first-order valence-corrected chi connectivity index (χ1v) is 7.16. The van der Waals surface area contributed by atoms with Crippen molar-refractivity contribution in [2.45, 2.75) is 58.7 Å². The highest BCUT2D eigenvalue weighted by Gasteiger charge is 2.00. The molecule has 100 valence electrons. The summed E-state index contributed by atoms with van der Waals surface area (Å²) >= 11 is 5.61. The molecule has 0 aromatic heterocycles. The van der Waals surface area contributed by atoms with E-state index in [0.29, 0.717) is 13.2 Å². The molecule has 0 atom stereocenters. The van der Waals surface area contributed by atoms with Gasteiger partial charge >= 0.3 is 0 Å². The first-order valence-electron chi connectivity index (χ1n) is 6.62. The first-order chi connectivity index (χ1) is 8.35. The van der Waals surface area contributed by atoms with Gasteiger partial charge in [0.1, 0.15) is 0 Å². The van der Waals surface area contributed by atoms with Crippen LogP contribution >= 0.6 is 11.6 Å². The summed E-state index contributed by atoms with van der Waals surface area (Å²) in [7, 11) is 0. The van der Waals surface area contributed by atoms with E-state index in [1.54, 1.807) is 0 Å². The lowest BCUT2D eigenvalue weighted by Gasteiger charge is -2.09. The maximum absolute atomic E-state index is 5.61. The van der Waals surface area contributed by atoms with Crippen molar-refractivity contribution in [2.75, 3.05) is 19.1 Å². The smallest absolute Gasteiger partial charge is 0.222 e. The van der Waals surface area contributed by atoms with Crippen LogP contribution in [0.5, 0.6) is 0 Å². The highest BCUT2D eigenvalue weighted by molar-refractivity contribution is 6.17. The van der Waals surface area contributed by atoms with Gasteiger partial charge in [-0.15, -0.1) is 11.6 Å². The highest BCUT2D eigenvalue weighted by atomic mass is 35.5. The quantitative estimate of drug-likeness (QED) is 0.256. The number of rotatable bonds is 10. The van der Waals surface area contributed by atoms with Crippen LogP contribution in [0, 0.1) is 11.8 Å². The Hall–Kier alpha value is -0.230. The van der Waals surface area contributed by atoms with Crippen LogP contribution in [-0.4, -0.2) is 25.4 Å². The van der Waals surface area contributed by atoms with Crippen molar-refractivity contribution in [3.8, 4) is 11.8 Å². The van der Waals surface area contributed by atoms with Gasteiger partial charge in [0, 0.05) is 25.5 Å². The van der Waals surface area contributed by atoms with Gasteiger partial charge in [0.15, 0.2) is 0 Å². The van der Waals surface area contributed by atoms with Gasteiger partial charge in [-0.05, 0) is 32.6 Å². The molecule has 2 nitrogen and oxygen atoms in total. The molecule has 0 saturated carbocycles. The minimum absolute atomic E-state index is 0.346. The average molecular weight is 261 g/mol. The molecule has 0 spiro atoms. The Morgan fingerprint density at radius 3 is 2.12 bits per heavy atom. The first kappa shape index (κ1) is 16.8. The topological polar surface area (TPSA) is 18.5 Å². The van der Waals surface area contributed by atoms with Gasteiger partial charge in [-0.1, -0.05) is 25.2 Å². The fraction of sp³-hybridized carbons (Fsp3) is 0.857. The van der Waals surface area contributed by atoms with Crippen LogP contribution in [0.3, 0.4) is 0 Å². The summed E-state index contributed by atoms with van der Waals surface area (Å²) in [4.78, 5) is 0. The summed E-state index contributed by atoms with van der Waals surface area (Å²) < 4.78 is 10.7. The maximum atomic E-state index is 5.61. The number of hydrogen-bond donors (Lipinski definition) is 0. The molecule has 0 rings (SSSR count). The predicted octanol–water partition coefficient (Wildman–Crippen LogP) is 3.97. The fourth-order valence-corrected chi connectivity index (χ4v) is 1.62. The molecular formula is C14H25ClO2. The SMILES string of the molecule is CCOC(C#CCCCCCCCCl)OCC. The Kier molecular flexibility index (Phi) is 13.6. The molecule has 0 aliphatic heterocycles. The Morgan fingerprint density at radius 2 is 1.53 bits per heavy atom. The van der Waals surface area contributed by atoms with E-state index in [2.05, 4.69) is 11.8 Å². The second-order valence-electron chi connectivity index (χ2n) is 3.77. The number of unbranched alkanes of at least 4 members (excludes halogenated alkanes) is 5. The van der Waals surface area contributed by atoms with E-state index < -0.39 is 0 Å². The molecule has 0 bridgehead atoms. The van der Waals surface area contributed by atoms with Crippen molar-refractivity contribution >= 4 is 11.6 Å². The second kappa shape index (κ2) is 13.8. The molecule has 0 fully saturated rings. The molecule has 0 aliphatic carbocycles. The minimum Gasteiger partial charge on any atom is -0.342 e. The molecule has 0 saturated heterocycles. The van der Waals surface area contributed by atoms with Crippen LogP contribution in [0.15, 0.2) is 0 Å². The van der Waals surface area contributed by atoms with Gasteiger partial charge < -0.3 is 9.47 Å². The zero-order chi connectivity index (χ0) is 12.8. The molecule has 0 amide bonds. The fourth-order valence-electron chi connectivity index (χ4n) is 1.43. The maximum Gasteiger partial charge on any atom is 0.222 e. The molecule has 0 aliphatic rings. The summed E-state index contributed by atoms with van der Waals surface area (Å²) in [6.45, 7) is 5.17. The van der Waals surface area contributed by atoms with Crippen LogP contribution < -0.4 is 0 Å². The Morgan fingerprint density at radius 1 is 0.941 bits per heavy atom. The zero-order valence-electron chi connectivity index (χ0n) is 11.1.